The number of anilines is 3. The SMILES string of the molecule is CCc1c(C)sc(NC(=S)Nc2ccc(S(=O)(=O)Nc3ccc(OC)cc3)cc2)c1C(=O)OC. The zero-order chi connectivity index (χ0) is 24.9. The molecule has 180 valence electrons. The van der Waals surface area contributed by atoms with Crippen molar-refractivity contribution in [3.63, 3.8) is 0 Å². The third-order valence-electron chi connectivity index (χ3n) is 4.94. The molecule has 0 amide bonds. The van der Waals surface area contributed by atoms with Gasteiger partial charge in [-0.2, -0.15) is 0 Å². The van der Waals surface area contributed by atoms with Gasteiger partial charge in [-0.25, -0.2) is 13.2 Å². The van der Waals surface area contributed by atoms with Crippen molar-refractivity contribution in [2.75, 3.05) is 29.6 Å². The molecule has 11 heteroatoms. The number of carbonyl (C=O) groups excluding carboxylic acids is 1. The van der Waals surface area contributed by atoms with Gasteiger partial charge in [0.05, 0.1) is 24.7 Å². The Balaban J connectivity index is 1.70. The number of carbonyl (C=O) groups is 1. The van der Waals surface area contributed by atoms with E-state index in [4.69, 9.17) is 21.7 Å². The molecule has 0 aliphatic rings. The highest BCUT2D eigenvalue weighted by atomic mass is 32.2. The molecular formula is C23H25N3O5S3. The van der Waals surface area contributed by atoms with Crippen LogP contribution in [0.1, 0.15) is 27.7 Å². The molecule has 0 spiro atoms. The van der Waals surface area contributed by atoms with Crippen molar-refractivity contribution < 1.29 is 22.7 Å². The van der Waals surface area contributed by atoms with Gasteiger partial charge in [0.25, 0.3) is 10.0 Å². The smallest absolute Gasteiger partial charge is 0.341 e. The average Bonchev–Trinajstić information content (AvgIpc) is 3.13. The molecule has 0 saturated carbocycles. The number of hydrogen-bond donors (Lipinski definition) is 3. The quantitative estimate of drug-likeness (QED) is 0.281. The van der Waals surface area contributed by atoms with E-state index in [1.165, 1.54) is 37.7 Å². The van der Waals surface area contributed by atoms with Crippen molar-refractivity contribution in [2.24, 2.45) is 0 Å². The molecule has 34 heavy (non-hydrogen) atoms. The van der Waals surface area contributed by atoms with Crippen LogP contribution in [0.2, 0.25) is 0 Å². The summed E-state index contributed by atoms with van der Waals surface area (Å²) in [5.74, 6) is 0.204. The molecule has 0 radical (unpaired) electrons. The van der Waals surface area contributed by atoms with Crippen LogP contribution < -0.4 is 20.1 Å². The lowest BCUT2D eigenvalue weighted by Crippen LogP contribution is -2.20. The number of methoxy groups -OCH3 is 2. The van der Waals surface area contributed by atoms with Crippen molar-refractivity contribution >= 4 is 61.0 Å². The molecule has 0 bridgehead atoms. The molecule has 3 rings (SSSR count). The summed E-state index contributed by atoms with van der Waals surface area (Å²) in [6.45, 7) is 3.91. The standard InChI is InChI=1S/C23H25N3O5S3/c1-5-19-14(2)33-21(20(19)22(27)31-4)25-23(32)24-15-8-12-18(13-9-15)34(28,29)26-16-6-10-17(30-3)11-7-16/h6-13,26H,5H2,1-4H3,(H2,24,25,32). The van der Waals surface area contributed by atoms with Gasteiger partial charge in [0, 0.05) is 16.3 Å². The highest BCUT2D eigenvalue weighted by molar-refractivity contribution is 7.92. The van der Waals surface area contributed by atoms with Gasteiger partial charge in [0.2, 0.25) is 0 Å². The van der Waals surface area contributed by atoms with Crippen LogP contribution in [0.25, 0.3) is 0 Å². The van der Waals surface area contributed by atoms with Gasteiger partial charge in [0.1, 0.15) is 10.8 Å². The third-order valence-corrected chi connectivity index (χ3v) is 7.61. The fourth-order valence-electron chi connectivity index (χ4n) is 3.27. The molecule has 3 aromatic rings. The number of aryl methyl sites for hydroxylation is 1. The van der Waals surface area contributed by atoms with E-state index in [1.807, 2.05) is 13.8 Å². The summed E-state index contributed by atoms with van der Waals surface area (Å²) < 4.78 is 37.9. The largest absolute Gasteiger partial charge is 0.497 e. The summed E-state index contributed by atoms with van der Waals surface area (Å²) in [4.78, 5) is 13.4. The summed E-state index contributed by atoms with van der Waals surface area (Å²) in [5, 5.41) is 6.93. The molecule has 0 aliphatic heterocycles. The topological polar surface area (TPSA) is 106 Å². The Labute approximate surface area is 208 Å². The Kier molecular flexibility index (Phi) is 8.13. The van der Waals surface area contributed by atoms with Crippen LogP contribution in [0.4, 0.5) is 16.4 Å². The van der Waals surface area contributed by atoms with Gasteiger partial charge in [-0.1, -0.05) is 6.92 Å². The predicted molar refractivity (Wildman–Crippen MR) is 140 cm³/mol. The summed E-state index contributed by atoms with van der Waals surface area (Å²) in [7, 11) is -0.885. The van der Waals surface area contributed by atoms with Crippen LogP contribution in [-0.4, -0.2) is 33.7 Å². The first-order valence-corrected chi connectivity index (χ1v) is 12.9. The summed E-state index contributed by atoms with van der Waals surface area (Å²) in [6.07, 6.45) is 0.690. The zero-order valence-electron chi connectivity index (χ0n) is 19.1. The highest BCUT2D eigenvalue weighted by Crippen LogP contribution is 2.34. The van der Waals surface area contributed by atoms with Gasteiger partial charge < -0.3 is 20.1 Å². The minimum Gasteiger partial charge on any atom is -0.497 e. The predicted octanol–water partition coefficient (Wildman–Crippen LogP) is 5.02. The second kappa shape index (κ2) is 10.9. The van der Waals surface area contributed by atoms with Crippen LogP contribution in [0.5, 0.6) is 5.75 Å². The molecule has 2 aromatic carbocycles. The Bertz CT molecular complexity index is 1280. The van der Waals surface area contributed by atoms with Crippen molar-refractivity contribution in [1.82, 2.24) is 0 Å². The summed E-state index contributed by atoms with van der Waals surface area (Å²) in [6, 6.07) is 12.7. The minimum absolute atomic E-state index is 0.0993. The molecule has 1 aromatic heterocycles. The van der Waals surface area contributed by atoms with Crippen LogP contribution >= 0.6 is 23.6 Å². The van der Waals surface area contributed by atoms with Crippen molar-refractivity contribution in [3.05, 3.63) is 64.5 Å². The van der Waals surface area contributed by atoms with Gasteiger partial charge >= 0.3 is 5.97 Å². The maximum Gasteiger partial charge on any atom is 0.341 e. The van der Waals surface area contributed by atoms with Crippen molar-refractivity contribution in [2.45, 2.75) is 25.2 Å². The number of rotatable bonds is 8. The highest BCUT2D eigenvalue weighted by Gasteiger charge is 2.22. The Morgan fingerprint density at radius 1 is 1.00 bits per heavy atom. The van der Waals surface area contributed by atoms with Crippen molar-refractivity contribution in [1.29, 1.82) is 0 Å². The van der Waals surface area contributed by atoms with E-state index in [0.29, 0.717) is 34.1 Å². The van der Waals surface area contributed by atoms with E-state index in [2.05, 4.69) is 15.4 Å². The molecule has 3 N–H and O–H groups in total. The summed E-state index contributed by atoms with van der Waals surface area (Å²) >= 11 is 6.82. The van der Waals surface area contributed by atoms with Crippen molar-refractivity contribution in [3.8, 4) is 5.75 Å². The van der Waals surface area contributed by atoms with E-state index in [9.17, 15) is 13.2 Å². The Hall–Kier alpha value is -3.15. The molecule has 0 unspecified atom stereocenters. The number of sulfonamides is 1. The molecule has 0 saturated heterocycles. The lowest BCUT2D eigenvalue weighted by Gasteiger charge is -2.12. The third kappa shape index (κ3) is 5.85. The van der Waals surface area contributed by atoms with E-state index < -0.39 is 16.0 Å². The number of nitrogens with one attached hydrogen (secondary N) is 3. The number of thiophene rings is 1. The Morgan fingerprint density at radius 3 is 2.18 bits per heavy atom. The number of esters is 1. The van der Waals surface area contributed by atoms with E-state index >= 15 is 0 Å². The van der Waals surface area contributed by atoms with Crippen LogP contribution in [-0.2, 0) is 21.2 Å². The van der Waals surface area contributed by atoms with E-state index in [1.54, 1.807) is 36.4 Å². The fourth-order valence-corrected chi connectivity index (χ4v) is 5.75. The Morgan fingerprint density at radius 2 is 1.62 bits per heavy atom. The molecule has 0 aliphatic carbocycles. The first-order chi connectivity index (χ1) is 16.2. The number of benzene rings is 2. The second-order valence-corrected chi connectivity index (χ2v) is 10.4. The number of hydrogen-bond acceptors (Lipinski definition) is 7. The van der Waals surface area contributed by atoms with Gasteiger partial charge in [-0.15, -0.1) is 11.3 Å². The number of thiocarbonyl (C=S) groups is 1. The lowest BCUT2D eigenvalue weighted by atomic mass is 10.1. The normalized spacial score (nSPS) is 10.9. The first-order valence-electron chi connectivity index (χ1n) is 10.2. The molecular weight excluding hydrogens is 494 g/mol. The van der Waals surface area contributed by atoms with Gasteiger partial charge in [-0.3, -0.25) is 4.72 Å². The van der Waals surface area contributed by atoms with Gasteiger partial charge in [-0.05, 0) is 79.7 Å². The second-order valence-electron chi connectivity index (χ2n) is 7.12. The zero-order valence-corrected chi connectivity index (χ0v) is 21.5. The van der Waals surface area contributed by atoms with E-state index in [-0.39, 0.29) is 10.0 Å². The lowest BCUT2D eigenvalue weighted by molar-refractivity contribution is 0.0601. The van der Waals surface area contributed by atoms with Crippen LogP contribution in [0.3, 0.4) is 0 Å². The van der Waals surface area contributed by atoms with Crippen LogP contribution in [0.15, 0.2) is 53.4 Å². The number of ether oxygens (including phenoxy) is 2. The van der Waals surface area contributed by atoms with E-state index in [0.717, 1.165) is 10.4 Å². The maximum atomic E-state index is 12.7. The molecule has 1 heterocycles. The minimum atomic E-state index is -3.77. The average molecular weight is 520 g/mol. The fraction of sp³-hybridized carbons (Fsp3) is 0.217. The monoisotopic (exact) mass is 519 g/mol. The van der Waals surface area contributed by atoms with Crippen LogP contribution in [0, 0.1) is 6.92 Å². The van der Waals surface area contributed by atoms with Gasteiger partial charge in [0.15, 0.2) is 5.11 Å². The molecule has 0 atom stereocenters. The maximum absolute atomic E-state index is 12.7. The first kappa shape index (κ1) is 25.5. The molecule has 0 fully saturated rings. The summed E-state index contributed by atoms with van der Waals surface area (Å²) in [5.41, 5.74) is 2.40. The molecule has 8 nitrogen and oxygen atoms in total.